The van der Waals surface area contributed by atoms with E-state index in [1.807, 2.05) is 6.07 Å². The Hall–Kier alpha value is -4.66. The Kier molecular flexibility index (Phi) is 6.96. The maximum Gasteiger partial charge on any atom is 0.416 e. The third kappa shape index (κ3) is 4.78. The van der Waals surface area contributed by atoms with Crippen molar-refractivity contribution in [1.82, 2.24) is 0 Å². The molecular formula is C33H29F3N2O4. The number of halogens is 3. The molecule has 1 unspecified atom stereocenters. The van der Waals surface area contributed by atoms with E-state index in [9.17, 15) is 23.1 Å². The van der Waals surface area contributed by atoms with E-state index in [0.29, 0.717) is 33.7 Å². The van der Waals surface area contributed by atoms with Gasteiger partial charge in [0.25, 0.3) is 0 Å². The first-order valence-corrected chi connectivity index (χ1v) is 13.7. The summed E-state index contributed by atoms with van der Waals surface area (Å²) in [5.74, 6) is -0.252. The smallest absolute Gasteiger partial charge is 0.416 e. The number of carbonyl (C=O) groups excluding carboxylic acids is 1. The van der Waals surface area contributed by atoms with Gasteiger partial charge in [0.1, 0.15) is 11.5 Å². The lowest BCUT2D eigenvalue weighted by atomic mass is 9.78. The molecule has 0 aromatic heterocycles. The number of rotatable bonds is 6. The van der Waals surface area contributed by atoms with Gasteiger partial charge in [-0.2, -0.15) is 13.2 Å². The predicted octanol–water partition coefficient (Wildman–Crippen LogP) is 7.62. The van der Waals surface area contributed by atoms with Crippen molar-refractivity contribution in [3.8, 4) is 11.5 Å². The van der Waals surface area contributed by atoms with Gasteiger partial charge in [0.05, 0.1) is 18.2 Å². The van der Waals surface area contributed by atoms with Crippen LogP contribution in [0.3, 0.4) is 0 Å². The summed E-state index contributed by atoms with van der Waals surface area (Å²) in [6.07, 6.45) is -1.19. The molecule has 6 nitrogen and oxygen atoms in total. The number of nitrogens with zero attached hydrogens (tertiary/aromatic N) is 1. The second-order valence-electron chi connectivity index (χ2n) is 10.5. The molecule has 6 rings (SSSR count). The van der Waals surface area contributed by atoms with E-state index >= 15 is 0 Å². The van der Waals surface area contributed by atoms with Gasteiger partial charge in [0.2, 0.25) is 0 Å². The Morgan fingerprint density at radius 3 is 2.36 bits per heavy atom. The van der Waals surface area contributed by atoms with Crippen molar-refractivity contribution in [2.24, 2.45) is 0 Å². The summed E-state index contributed by atoms with van der Waals surface area (Å²) < 4.78 is 52.0. The summed E-state index contributed by atoms with van der Waals surface area (Å²) >= 11 is 0. The second-order valence-corrected chi connectivity index (χ2v) is 10.5. The molecule has 1 fully saturated rings. The third-order valence-electron chi connectivity index (χ3n) is 7.91. The van der Waals surface area contributed by atoms with Gasteiger partial charge in [0.15, 0.2) is 5.60 Å². The van der Waals surface area contributed by atoms with Crippen molar-refractivity contribution in [2.45, 2.75) is 31.0 Å². The summed E-state index contributed by atoms with van der Waals surface area (Å²) in [6, 6.07) is 22.2. The highest BCUT2D eigenvalue weighted by Crippen LogP contribution is 2.53. The zero-order valence-corrected chi connectivity index (χ0v) is 22.9. The number of hydrogen-bond donors (Lipinski definition) is 2. The van der Waals surface area contributed by atoms with Crippen molar-refractivity contribution >= 4 is 23.0 Å². The number of carbonyl (C=O) groups is 1. The summed E-state index contributed by atoms with van der Waals surface area (Å²) in [6.45, 7) is 1.78. The van der Waals surface area contributed by atoms with E-state index in [1.165, 1.54) is 25.7 Å². The number of fused-ring (bicyclic) bond motifs is 1. The number of methoxy groups -OCH3 is 1. The van der Waals surface area contributed by atoms with Crippen LogP contribution in [-0.2, 0) is 16.5 Å². The number of nitrogens with one attached hydrogen (secondary N) is 1. The topological polar surface area (TPSA) is 71.0 Å². The first-order valence-electron chi connectivity index (χ1n) is 13.7. The van der Waals surface area contributed by atoms with E-state index < -0.39 is 23.3 Å². The summed E-state index contributed by atoms with van der Waals surface area (Å²) in [5, 5.41) is 14.6. The van der Waals surface area contributed by atoms with Crippen LogP contribution in [0.5, 0.6) is 11.5 Å². The molecule has 0 radical (unpaired) electrons. The molecule has 2 aliphatic heterocycles. The maximum absolute atomic E-state index is 13.4. The molecule has 4 aromatic carbocycles. The van der Waals surface area contributed by atoms with Crippen LogP contribution in [0, 0.1) is 0 Å². The van der Waals surface area contributed by atoms with Gasteiger partial charge in [-0.25, -0.2) is 4.79 Å². The SMILES string of the molecule is COc1ccc(Nc2cccc(C(F)(F)F)c2)cc1C1(c2ccc(N3CCCCC3)cc2O)OC(=O)c2ccccc21. The molecule has 2 heterocycles. The first-order chi connectivity index (χ1) is 20.2. The monoisotopic (exact) mass is 574 g/mol. The van der Waals surface area contributed by atoms with E-state index in [-0.39, 0.29) is 11.4 Å². The standard InChI is InChI=1S/C33H29F3N2O4/c1-41-30-15-12-23(37-22-9-7-8-21(18-22)33(34,35)36)19-28(30)32(26-11-4-3-10-25(26)31(40)42-32)27-14-13-24(20-29(27)39)38-16-5-2-6-17-38/h3-4,7-15,18-20,37,39H,2,5-6,16-17H2,1H3. The van der Waals surface area contributed by atoms with Crippen LogP contribution in [0.15, 0.2) is 84.9 Å². The molecule has 0 spiro atoms. The van der Waals surface area contributed by atoms with Gasteiger partial charge < -0.3 is 24.8 Å². The molecule has 0 amide bonds. The summed E-state index contributed by atoms with van der Waals surface area (Å²) in [5.41, 5.74) is 0.778. The van der Waals surface area contributed by atoms with Crippen molar-refractivity contribution < 1.29 is 32.5 Å². The predicted molar refractivity (Wildman–Crippen MR) is 154 cm³/mol. The van der Waals surface area contributed by atoms with Crippen LogP contribution in [0.2, 0.25) is 0 Å². The van der Waals surface area contributed by atoms with Crippen LogP contribution in [-0.4, -0.2) is 31.3 Å². The molecule has 0 saturated carbocycles. The molecular weight excluding hydrogens is 545 g/mol. The molecule has 2 N–H and O–H groups in total. The Morgan fingerprint density at radius 2 is 1.62 bits per heavy atom. The minimum atomic E-state index is -4.49. The Bertz CT molecular complexity index is 1650. The Balaban J connectivity index is 1.51. The molecule has 1 atom stereocenters. The number of alkyl halides is 3. The first kappa shape index (κ1) is 27.5. The third-order valence-corrected chi connectivity index (χ3v) is 7.91. The molecule has 2 aliphatic rings. The van der Waals surface area contributed by atoms with Gasteiger partial charge >= 0.3 is 12.1 Å². The van der Waals surface area contributed by atoms with E-state index in [4.69, 9.17) is 9.47 Å². The quantitative estimate of drug-likeness (QED) is 0.231. The average molecular weight is 575 g/mol. The van der Waals surface area contributed by atoms with Gasteiger partial charge in [-0.3, -0.25) is 0 Å². The average Bonchev–Trinajstić information content (AvgIpc) is 3.30. The van der Waals surface area contributed by atoms with E-state index in [0.717, 1.165) is 43.8 Å². The highest BCUT2D eigenvalue weighted by Gasteiger charge is 2.51. The molecule has 42 heavy (non-hydrogen) atoms. The number of hydrogen-bond acceptors (Lipinski definition) is 6. The van der Waals surface area contributed by atoms with Crippen LogP contribution in [0.25, 0.3) is 0 Å². The van der Waals surface area contributed by atoms with Crippen LogP contribution in [0.1, 0.15) is 51.9 Å². The number of ether oxygens (including phenoxy) is 2. The number of phenols is 1. The minimum Gasteiger partial charge on any atom is -0.507 e. The number of piperidine rings is 1. The largest absolute Gasteiger partial charge is 0.507 e. The Morgan fingerprint density at radius 1 is 0.857 bits per heavy atom. The van der Waals surface area contributed by atoms with Gasteiger partial charge in [-0.15, -0.1) is 0 Å². The van der Waals surface area contributed by atoms with Crippen molar-refractivity contribution in [2.75, 3.05) is 30.4 Å². The summed E-state index contributed by atoms with van der Waals surface area (Å²) in [7, 11) is 1.48. The van der Waals surface area contributed by atoms with Gasteiger partial charge in [0, 0.05) is 52.9 Å². The number of esters is 1. The lowest BCUT2D eigenvalue weighted by molar-refractivity contribution is -0.137. The lowest BCUT2D eigenvalue weighted by Gasteiger charge is -2.34. The molecule has 0 aliphatic carbocycles. The van der Waals surface area contributed by atoms with Crippen LogP contribution >= 0.6 is 0 Å². The zero-order valence-electron chi connectivity index (χ0n) is 22.9. The number of benzene rings is 4. The van der Waals surface area contributed by atoms with Gasteiger partial charge in [-0.05, 0) is 73.9 Å². The van der Waals surface area contributed by atoms with Gasteiger partial charge in [-0.1, -0.05) is 24.3 Å². The normalized spacial score (nSPS) is 18.4. The number of phenolic OH excluding ortho intramolecular Hbond substituents is 1. The van der Waals surface area contributed by atoms with E-state index in [2.05, 4.69) is 10.2 Å². The molecule has 216 valence electrons. The lowest BCUT2D eigenvalue weighted by Crippen LogP contribution is -2.31. The zero-order chi connectivity index (χ0) is 29.5. The molecule has 1 saturated heterocycles. The van der Waals surface area contributed by atoms with Crippen LogP contribution in [0.4, 0.5) is 30.2 Å². The highest BCUT2D eigenvalue weighted by molar-refractivity contribution is 5.97. The van der Waals surface area contributed by atoms with Crippen LogP contribution < -0.4 is 15.0 Å². The van der Waals surface area contributed by atoms with Crippen molar-refractivity contribution in [3.63, 3.8) is 0 Å². The second kappa shape index (κ2) is 10.6. The van der Waals surface area contributed by atoms with E-state index in [1.54, 1.807) is 54.6 Å². The number of aromatic hydroxyl groups is 1. The van der Waals surface area contributed by atoms with Crippen molar-refractivity contribution in [1.29, 1.82) is 0 Å². The fourth-order valence-electron chi connectivity index (χ4n) is 5.93. The molecule has 9 heteroatoms. The highest BCUT2D eigenvalue weighted by atomic mass is 19.4. The fourth-order valence-corrected chi connectivity index (χ4v) is 5.93. The fraction of sp³-hybridized carbons (Fsp3) is 0.242. The number of cyclic esters (lactones) is 1. The minimum absolute atomic E-state index is 0.0547. The molecule has 0 bridgehead atoms. The summed E-state index contributed by atoms with van der Waals surface area (Å²) in [4.78, 5) is 15.5. The maximum atomic E-state index is 13.4. The van der Waals surface area contributed by atoms with Crippen molar-refractivity contribution in [3.05, 3.63) is 113 Å². The number of anilines is 3. The Labute approximate surface area is 241 Å². The molecule has 4 aromatic rings.